The van der Waals surface area contributed by atoms with E-state index in [0.29, 0.717) is 5.56 Å². The van der Waals surface area contributed by atoms with Gasteiger partial charge in [-0.05, 0) is 13.6 Å². The number of nitrogens with zero attached hydrogens (tertiary/aromatic N) is 1. The largest absolute Gasteiger partial charge is 0.680 e. The Balaban J connectivity index is -0.0000000599. The minimum Gasteiger partial charge on any atom is -0.680 e. The van der Waals surface area contributed by atoms with E-state index >= 15 is 0 Å². The zero-order valence-electron chi connectivity index (χ0n) is 18.7. The number of halogens is 1. The summed E-state index contributed by atoms with van der Waals surface area (Å²) in [7, 11) is 6.78. The van der Waals surface area contributed by atoms with Gasteiger partial charge in [-0.1, -0.05) is 45.6 Å². The van der Waals surface area contributed by atoms with Crippen LogP contribution in [0.4, 0.5) is 10.1 Å². The number of hydrogen-bond acceptors (Lipinski definition) is 3. The summed E-state index contributed by atoms with van der Waals surface area (Å²) in [6.07, 6.45) is 5.54. The van der Waals surface area contributed by atoms with Gasteiger partial charge in [0.25, 0.3) is 0 Å². The van der Waals surface area contributed by atoms with Crippen LogP contribution >= 0.6 is 0 Å². The van der Waals surface area contributed by atoms with E-state index in [9.17, 15) is 4.39 Å². The first-order valence-corrected chi connectivity index (χ1v) is 8.77. The van der Waals surface area contributed by atoms with Gasteiger partial charge >= 0.3 is 0 Å². The molecule has 0 saturated heterocycles. The monoisotopic (exact) mass is 645 g/mol. The van der Waals surface area contributed by atoms with Gasteiger partial charge in [-0.25, -0.2) is 4.39 Å². The van der Waals surface area contributed by atoms with Crippen molar-refractivity contribution in [2.45, 2.75) is 39.5 Å². The third-order valence-corrected chi connectivity index (χ3v) is 3.07. The van der Waals surface area contributed by atoms with E-state index in [2.05, 4.69) is 45.0 Å². The third kappa shape index (κ3) is 34.0. The van der Waals surface area contributed by atoms with Gasteiger partial charge in [0.2, 0.25) is 0 Å². The van der Waals surface area contributed by atoms with Gasteiger partial charge in [0.15, 0.2) is 0 Å². The van der Waals surface area contributed by atoms with Crippen molar-refractivity contribution < 1.29 is 57.5 Å². The fraction of sp³-hybridized carbons (Fsp3) is 0.524. The van der Waals surface area contributed by atoms with Gasteiger partial charge in [0.05, 0.1) is 5.82 Å². The molecule has 1 rings (SSSR count). The van der Waals surface area contributed by atoms with E-state index in [0.717, 1.165) is 19.6 Å². The van der Waals surface area contributed by atoms with E-state index in [4.69, 9.17) is 11.5 Å². The smallest absolute Gasteiger partial charge is 0.0907 e. The Kier molecular flexibility index (Phi) is 53.1. The predicted octanol–water partition coefficient (Wildman–Crippen LogP) is 5.42. The van der Waals surface area contributed by atoms with Crippen molar-refractivity contribution in [3.05, 3.63) is 63.6 Å². The number of nitrogens with two attached hydrogens (primary N) is 1. The number of nitrogens with one attached hydrogen (secondary N) is 2. The van der Waals surface area contributed by atoms with Gasteiger partial charge in [-0.2, -0.15) is 25.6 Å². The summed E-state index contributed by atoms with van der Waals surface area (Å²) in [5.74, 6) is -0.400. The maximum absolute atomic E-state index is 12.4. The van der Waals surface area contributed by atoms with Crippen molar-refractivity contribution >= 4 is 5.69 Å². The fourth-order valence-corrected chi connectivity index (χ4v) is 1.45. The quantitative estimate of drug-likeness (QED) is 0.237. The molecular weight excluding hydrogens is 602 g/mol. The molecule has 0 heterocycles. The summed E-state index contributed by atoms with van der Waals surface area (Å²) in [5.41, 5.74) is 11.7. The van der Waals surface area contributed by atoms with E-state index in [1.165, 1.54) is 44.9 Å². The summed E-state index contributed by atoms with van der Waals surface area (Å²) in [5, 5.41) is 2.81. The fourth-order valence-electron chi connectivity index (χ4n) is 1.45. The first-order chi connectivity index (χ1) is 11.9. The molecule has 7 heteroatoms. The molecule has 0 aliphatic carbocycles. The van der Waals surface area contributed by atoms with Gasteiger partial charge in [-0.15, -0.1) is 12.6 Å². The molecule has 0 atom stereocenters. The molecule has 1 aromatic carbocycles. The maximum Gasteiger partial charge on any atom is 0.0907 e. The molecule has 1 aromatic rings. The Morgan fingerprint density at radius 3 is 1.93 bits per heavy atom. The number of unbranched alkanes of at least 4 members (excludes halogenated alkanes) is 3. The topological polar surface area (TPSA) is 65.1 Å². The van der Waals surface area contributed by atoms with Gasteiger partial charge in [0, 0.05) is 65.4 Å². The van der Waals surface area contributed by atoms with Crippen LogP contribution in [0.5, 0.6) is 0 Å². The summed E-state index contributed by atoms with van der Waals surface area (Å²) in [6.45, 7) is 14.5. The van der Waals surface area contributed by atoms with Crippen LogP contribution < -0.4 is 11.1 Å². The zero-order chi connectivity index (χ0) is 20.1. The molecule has 4 nitrogen and oxygen atoms in total. The minimum atomic E-state index is -0.400. The predicted molar refractivity (Wildman–Crippen MR) is 118 cm³/mol. The summed E-state index contributed by atoms with van der Waals surface area (Å²) < 4.78 is 12.4. The van der Waals surface area contributed by atoms with Gasteiger partial charge in [-0.3, -0.25) is 7.05 Å². The molecule has 28 heavy (non-hydrogen) atoms. The van der Waals surface area contributed by atoms with Crippen LogP contribution in [0.25, 0.3) is 5.73 Å². The number of nitrogen functional groups attached to an aromatic ring is 1. The SMILES string of the molecule is CCCCCC.C[NH-].[CH2-]CN(C)CCN[CH2-].[CH2-]c1ccc(N)c(F)c1.[CH3-].[Re].[Y]. The van der Waals surface area contributed by atoms with Crippen LogP contribution in [0.3, 0.4) is 0 Å². The van der Waals surface area contributed by atoms with Crippen LogP contribution in [0, 0.1) is 34.1 Å². The van der Waals surface area contributed by atoms with Crippen molar-refractivity contribution in [2.24, 2.45) is 0 Å². The Hall–Kier alpha value is 0.466. The van der Waals surface area contributed by atoms with Gasteiger partial charge < -0.3 is 36.0 Å². The molecule has 0 aliphatic rings. The van der Waals surface area contributed by atoms with Crippen LogP contribution in [0.15, 0.2) is 18.2 Å². The van der Waals surface area contributed by atoms with E-state index < -0.39 is 5.82 Å². The van der Waals surface area contributed by atoms with Crippen LogP contribution in [0.1, 0.15) is 45.1 Å². The molecule has 0 amide bonds. The average molecular weight is 645 g/mol. The first-order valence-electron chi connectivity index (χ1n) is 8.77. The summed E-state index contributed by atoms with van der Waals surface area (Å²) in [4.78, 5) is 2.12. The van der Waals surface area contributed by atoms with Crippen molar-refractivity contribution in [1.82, 2.24) is 10.2 Å². The van der Waals surface area contributed by atoms with Crippen molar-refractivity contribution in [3.63, 3.8) is 0 Å². The Labute approximate surface area is 214 Å². The number of anilines is 1. The Morgan fingerprint density at radius 1 is 1.18 bits per heavy atom. The normalized spacial score (nSPS) is 8.18. The number of likely N-dealkylation sites (N-methyl/N-ethyl adjacent to an activating group) is 1. The van der Waals surface area contributed by atoms with Crippen molar-refractivity contribution in [3.8, 4) is 0 Å². The standard InChI is InChI=1S/C7H7FN.C6H14N2.C6H14.CH4N.CH3.Re.Y/c1-5-2-3-7(9)6(8)4-5;1-4-8(3)6-5-7-2;1-3-5-6-4-2;1-2;;;/h2-4H,1,9H2;7H,1-2,4-6H2,3H3;3-6H2,1-2H3;2H,1H3;1H3;;/q-1;-2;;2*-1;;. The average Bonchev–Trinajstić information content (AvgIpc) is 2.64. The van der Waals surface area contributed by atoms with Crippen LogP contribution in [-0.2, 0) is 53.1 Å². The molecule has 2 radical (unpaired) electrons. The Bertz CT molecular complexity index is 381. The molecule has 0 fully saturated rings. The zero-order valence-corrected chi connectivity index (χ0v) is 24.2. The molecule has 0 saturated carbocycles. The molecule has 0 unspecified atom stereocenters. The maximum atomic E-state index is 12.4. The van der Waals surface area contributed by atoms with Crippen molar-refractivity contribution in [2.75, 3.05) is 39.5 Å². The molecular formula is C21H42FN4ReY-5. The molecule has 0 aliphatic heterocycles. The van der Waals surface area contributed by atoms with Gasteiger partial charge in [0.1, 0.15) is 0 Å². The summed E-state index contributed by atoms with van der Waals surface area (Å²) >= 11 is 0. The van der Waals surface area contributed by atoms with Crippen LogP contribution in [0.2, 0.25) is 0 Å². The second-order valence-corrected chi connectivity index (χ2v) is 5.37. The second-order valence-electron chi connectivity index (χ2n) is 5.37. The number of rotatable bonds is 7. The Morgan fingerprint density at radius 2 is 1.64 bits per heavy atom. The molecule has 0 spiro atoms. The third-order valence-electron chi connectivity index (χ3n) is 3.07. The van der Waals surface area contributed by atoms with E-state index in [1.807, 2.05) is 7.05 Å². The number of hydrogen-bond donors (Lipinski definition) is 2. The molecule has 168 valence electrons. The molecule has 0 aromatic heterocycles. The molecule has 0 bridgehead atoms. The number of benzene rings is 1. The summed E-state index contributed by atoms with van der Waals surface area (Å²) in [6, 6.07) is 4.46. The van der Waals surface area contributed by atoms with Crippen LogP contribution in [-0.4, -0.2) is 38.6 Å². The van der Waals surface area contributed by atoms with E-state index in [-0.39, 0.29) is 66.2 Å². The van der Waals surface area contributed by atoms with E-state index in [1.54, 1.807) is 6.07 Å². The second kappa shape index (κ2) is 34.9. The van der Waals surface area contributed by atoms with Crippen molar-refractivity contribution in [1.29, 1.82) is 0 Å². The minimum absolute atomic E-state index is 0. The molecule has 4 N–H and O–H groups in total. The first kappa shape index (κ1) is 42.5.